The lowest BCUT2D eigenvalue weighted by Crippen LogP contribution is -2.49. The number of aryl methyl sites for hydroxylation is 1. The average Bonchev–Trinajstić information content (AvgIpc) is 3.21. The molecule has 0 saturated carbocycles. The van der Waals surface area contributed by atoms with E-state index >= 15 is 0 Å². The van der Waals surface area contributed by atoms with Gasteiger partial charge in [-0.15, -0.1) is 0 Å². The molecule has 0 unspecified atom stereocenters. The number of hydrogen-bond donors (Lipinski definition) is 2. The van der Waals surface area contributed by atoms with Crippen LogP contribution >= 0.6 is 0 Å². The largest absolute Gasteiger partial charge is 0.508 e. The maximum absolute atomic E-state index is 13.5. The first-order valence-corrected chi connectivity index (χ1v) is 19.7. The summed E-state index contributed by atoms with van der Waals surface area (Å²) in [5.41, 5.74) is 7.17. The molecule has 2 N–H and O–H groups in total. The number of benzene rings is 4. The molecule has 4 aliphatic rings. The van der Waals surface area contributed by atoms with Crippen molar-refractivity contribution in [3.8, 4) is 11.5 Å². The van der Waals surface area contributed by atoms with Crippen LogP contribution in [0.25, 0.3) is 0 Å². The smallest absolute Gasteiger partial charge is 0.328 e. The molecule has 0 radical (unpaired) electrons. The summed E-state index contributed by atoms with van der Waals surface area (Å²) < 4.78 is 6.26. The van der Waals surface area contributed by atoms with Crippen LogP contribution in [-0.4, -0.2) is 72.2 Å². The summed E-state index contributed by atoms with van der Waals surface area (Å²) in [5.74, 6) is 2.50. The van der Waals surface area contributed by atoms with Crippen LogP contribution in [0.5, 0.6) is 11.5 Å². The van der Waals surface area contributed by atoms with Gasteiger partial charge in [-0.3, -0.25) is 15.0 Å². The van der Waals surface area contributed by atoms with Crippen molar-refractivity contribution in [2.45, 2.75) is 69.1 Å². The average molecular weight is 727 g/mol. The molecule has 0 aromatic heterocycles. The zero-order valence-corrected chi connectivity index (χ0v) is 30.9. The van der Waals surface area contributed by atoms with E-state index in [0.717, 1.165) is 82.6 Å². The Kier molecular flexibility index (Phi) is 10.6. The van der Waals surface area contributed by atoms with Gasteiger partial charge >= 0.3 is 12.1 Å². The number of rotatable bonds is 8. The number of carbonyl (C=O) groups excluding carboxylic acids is 3. The Morgan fingerprint density at radius 1 is 0.722 bits per heavy atom. The number of piperidine rings is 2. The topological polar surface area (TPSA) is 102 Å². The van der Waals surface area contributed by atoms with Crippen LogP contribution in [0, 0.1) is 5.92 Å². The minimum absolute atomic E-state index is 0.163. The molecule has 280 valence electrons. The van der Waals surface area contributed by atoms with Crippen molar-refractivity contribution in [1.82, 2.24) is 15.1 Å². The number of anilines is 1. The van der Waals surface area contributed by atoms with Crippen molar-refractivity contribution in [2.75, 3.05) is 44.2 Å². The van der Waals surface area contributed by atoms with Gasteiger partial charge in [0.1, 0.15) is 11.5 Å². The molecule has 3 aliphatic heterocycles. The lowest BCUT2D eigenvalue weighted by molar-refractivity contribution is -0.120. The number of aromatic hydroxyl groups is 1. The van der Waals surface area contributed by atoms with Crippen molar-refractivity contribution < 1.29 is 24.2 Å². The molecule has 1 aliphatic carbocycles. The van der Waals surface area contributed by atoms with Gasteiger partial charge in [0.05, 0.1) is 6.61 Å². The molecule has 0 bridgehead atoms. The van der Waals surface area contributed by atoms with E-state index in [-0.39, 0.29) is 23.9 Å². The summed E-state index contributed by atoms with van der Waals surface area (Å²) in [5, 5.41) is 12.5. The number of nitrogens with zero attached hydrogens (tertiary/aromatic N) is 3. The Bertz CT molecular complexity index is 1930. The second-order valence-electron chi connectivity index (χ2n) is 15.4. The summed E-state index contributed by atoms with van der Waals surface area (Å²) in [6.45, 7) is 4.13. The van der Waals surface area contributed by atoms with Gasteiger partial charge < -0.3 is 19.6 Å². The van der Waals surface area contributed by atoms with Crippen LogP contribution in [-0.2, 0) is 11.2 Å². The first-order chi connectivity index (χ1) is 26.4. The van der Waals surface area contributed by atoms with Crippen LogP contribution in [0.15, 0.2) is 97.1 Å². The third kappa shape index (κ3) is 7.81. The summed E-state index contributed by atoms with van der Waals surface area (Å²) >= 11 is 0. The van der Waals surface area contributed by atoms with Gasteiger partial charge in [-0.05, 0) is 127 Å². The number of hydrogen-bond acceptors (Lipinski definition) is 5. The highest BCUT2D eigenvalue weighted by atomic mass is 16.5. The zero-order valence-electron chi connectivity index (χ0n) is 30.9. The summed E-state index contributed by atoms with van der Waals surface area (Å²) in [7, 11) is 0. The van der Waals surface area contributed by atoms with Crippen LogP contribution in [0.4, 0.5) is 15.3 Å². The number of imide groups is 1. The summed E-state index contributed by atoms with van der Waals surface area (Å²) in [6.07, 6.45) is 7.12. The molecular formula is C45H50N4O5. The fourth-order valence-electron chi connectivity index (χ4n) is 9.15. The highest BCUT2D eigenvalue weighted by Crippen LogP contribution is 2.47. The molecule has 0 spiro atoms. The number of ether oxygens (including phenoxy) is 1. The zero-order chi connectivity index (χ0) is 37.0. The lowest BCUT2D eigenvalue weighted by atomic mass is 9.69. The molecule has 5 amide bonds. The van der Waals surface area contributed by atoms with Crippen molar-refractivity contribution in [2.24, 2.45) is 5.92 Å². The summed E-state index contributed by atoms with van der Waals surface area (Å²) in [4.78, 5) is 42.8. The van der Waals surface area contributed by atoms with Crippen molar-refractivity contribution in [3.63, 3.8) is 0 Å². The predicted molar refractivity (Wildman–Crippen MR) is 209 cm³/mol. The standard InChI is InChI=1S/C45H50N4O5/c50-38-13-17-41-36(30-38)10-16-40(34-4-2-1-3-5-34)43(41)35-8-14-39(15-9-35)54-29-23-31-18-24-47(25-19-31)45(53)48-26-20-33(21-27-48)32-6-11-37(12-7-32)49-28-22-42(51)46-44(49)52/h1-9,11-15,17,30-31,33,40,43,50H,10,16,18-29H2,(H,46,51,52)/t40-,43+/m1/s1. The molecule has 3 saturated heterocycles. The van der Waals surface area contributed by atoms with Gasteiger partial charge in [0, 0.05) is 50.7 Å². The highest BCUT2D eigenvalue weighted by molar-refractivity contribution is 6.05. The van der Waals surface area contributed by atoms with Gasteiger partial charge in [-0.1, -0.05) is 60.7 Å². The second kappa shape index (κ2) is 16.0. The molecule has 54 heavy (non-hydrogen) atoms. The van der Waals surface area contributed by atoms with E-state index in [4.69, 9.17) is 4.74 Å². The first kappa shape index (κ1) is 35.7. The molecule has 9 nitrogen and oxygen atoms in total. The number of nitrogens with one attached hydrogen (secondary N) is 1. The number of likely N-dealkylation sites (tertiary alicyclic amines) is 2. The van der Waals surface area contributed by atoms with E-state index in [1.54, 1.807) is 4.90 Å². The van der Waals surface area contributed by atoms with Crippen molar-refractivity contribution in [1.29, 1.82) is 0 Å². The van der Waals surface area contributed by atoms with Gasteiger partial charge in [0.2, 0.25) is 5.91 Å². The van der Waals surface area contributed by atoms with Crippen molar-refractivity contribution in [3.05, 3.63) is 125 Å². The molecule has 2 atom stereocenters. The van der Waals surface area contributed by atoms with Crippen LogP contribution < -0.4 is 15.0 Å². The van der Waals surface area contributed by atoms with Gasteiger partial charge in [-0.2, -0.15) is 0 Å². The Morgan fingerprint density at radius 3 is 2.11 bits per heavy atom. The normalized spacial score (nSPS) is 21.1. The Hall–Kier alpha value is -5.31. The van der Waals surface area contributed by atoms with Gasteiger partial charge in [0.25, 0.3) is 0 Å². The molecule has 4 aromatic carbocycles. The molecular weight excluding hydrogens is 677 g/mol. The second-order valence-corrected chi connectivity index (χ2v) is 15.4. The quantitative estimate of drug-likeness (QED) is 0.191. The van der Waals surface area contributed by atoms with Crippen LogP contribution in [0.1, 0.15) is 90.5 Å². The van der Waals surface area contributed by atoms with Gasteiger partial charge in [-0.25, -0.2) is 9.59 Å². The van der Waals surface area contributed by atoms with E-state index in [0.29, 0.717) is 43.1 Å². The Morgan fingerprint density at radius 2 is 1.41 bits per heavy atom. The van der Waals surface area contributed by atoms with Gasteiger partial charge in [0.15, 0.2) is 0 Å². The maximum atomic E-state index is 13.5. The molecule has 4 aromatic rings. The molecule has 3 heterocycles. The van der Waals surface area contributed by atoms with Crippen LogP contribution in [0.3, 0.4) is 0 Å². The maximum Gasteiger partial charge on any atom is 0.328 e. The number of phenols is 1. The Labute approximate surface area is 317 Å². The first-order valence-electron chi connectivity index (χ1n) is 19.7. The van der Waals surface area contributed by atoms with Crippen molar-refractivity contribution >= 4 is 23.7 Å². The van der Waals surface area contributed by atoms with E-state index in [1.165, 1.54) is 27.8 Å². The SMILES string of the molecule is O=C1CCN(c2ccc(C3CCN(C(=O)N4CCC(CCOc5ccc([C@@H]6c7ccc(O)cc7CC[C@@H]6c6ccccc6)cc5)CC4)CC3)cc2)C(=O)N1. The number of urea groups is 2. The van der Waals surface area contributed by atoms with Crippen LogP contribution in [0.2, 0.25) is 0 Å². The minimum Gasteiger partial charge on any atom is -0.508 e. The Balaban J connectivity index is 0.784. The number of amides is 5. The molecule has 3 fully saturated rings. The van der Waals surface area contributed by atoms with E-state index in [1.807, 2.05) is 34.1 Å². The lowest BCUT2D eigenvalue weighted by Gasteiger charge is -2.39. The highest BCUT2D eigenvalue weighted by Gasteiger charge is 2.33. The van der Waals surface area contributed by atoms with E-state index in [2.05, 4.69) is 78.1 Å². The van der Waals surface area contributed by atoms with E-state index < -0.39 is 0 Å². The minimum atomic E-state index is -0.368. The molecule has 9 heteroatoms. The molecule has 8 rings (SSSR count). The number of carbonyl (C=O) groups is 3. The number of fused-ring (bicyclic) bond motifs is 1. The number of phenolic OH excluding ortho intramolecular Hbond substituents is 1. The van der Waals surface area contributed by atoms with E-state index in [9.17, 15) is 19.5 Å². The third-order valence-electron chi connectivity index (χ3n) is 12.2. The third-order valence-corrected chi connectivity index (χ3v) is 12.2. The fraction of sp³-hybridized carbons (Fsp3) is 0.400. The monoisotopic (exact) mass is 726 g/mol. The summed E-state index contributed by atoms with van der Waals surface area (Å²) in [6, 6.07) is 33.1. The predicted octanol–water partition coefficient (Wildman–Crippen LogP) is 8.18. The fourth-order valence-corrected chi connectivity index (χ4v) is 9.15.